The van der Waals surface area contributed by atoms with E-state index in [1.165, 1.54) is 79.9 Å². The van der Waals surface area contributed by atoms with Gasteiger partial charge >= 0.3 is 6.18 Å². The molecular weight excluding hydrogens is 2090 g/mol. The van der Waals surface area contributed by atoms with Gasteiger partial charge in [0.15, 0.2) is 6.61 Å². The lowest BCUT2D eigenvalue weighted by Gasteiger charge is -2.09. The molecule has 0 aliphatic heterocycles. The molecule has 1 atom stereocenters. The summed E-state index contributed by atoms with van der Waals surface area (Å²) in [4.78, 5) is 1.53. The van der Waals surface area contributed by atoms with Crippen LogP contribution in [-0.4, -0.2) is 177 Å². The van der Waals surface area contributed by atoms with E-state index in [4.69, 9.17) is 37.3 Å². The molecule has 45 heteroatoms. The Morgan fingerprint density at radius 3 is 0.720 bits per heavy atom. The molecule has 0 radical (unpaired) electrons. The van der Waals surface area contributed by atoms with Crippen molar-refractivity contribution in [3.8, 4) is 0 Å². The van der Waals surface area contributed by atoms with Gasteiger partial charge in [0, 0.05) is 13.0 Å². The molecule has 0 fully saturated rings. The zero-order valence-electron chi connectivity index (χ0n) is 83.2. The summed E-state index contributed by atoms with van der Waals surface area (Å²) in [5.41, 5.74) is 8.97. The van der Waals surface area contributed by atoms with Gasteiger partial charge in [-0.3, -0.25) is 41.8 Å². The molecule has 0 spiro atoms. The molecule has 143 heavy (non-hydrogen) atoms. The van der Waals surface area contributed by atoms with E-state index in [1.54, 1.807) is 190 Å². The summed E-state index contributed by atoms with van der Waals surface area (Å²) in [6.07, 6.45) is 2.65. The van der Waals surface area contributed by atoms with Crippen molar-refractivity contribution in [2.75, 3.05) is 86.7 Å². The Kier molecular flexibility index (Phi) is 61.6. The lowest BCUT2D eigenvalue weighted by atomic mass is 10.1. The van der Waals surface area contributed by atoms with Crippen LogP contribution in [0.15, 0.2) is 298 Å². The average Bonchev–Trinajstić information content (AvgIpc) is 0.856. The van der Waals surface area contributed by atoms with E-state index in [9.17, 15) is 97.3 Å². The largest absolute Gasteiger partial charge is 0.413 e. The Morgan fingerprint density at radius 2 is 0.483 bits per heavy atom. The summed E-state index contributed by atoms with van der Waals surface area (Å²) in [7, 11) is -32.6. The van der Waals surface area contributed by atoms with Crippen molar-refractivity contribution in [2.24, 2.45) is 5.92 Å². The van der Waals surface area contributed by atoms with Gasteiger partial charge in [-0.1, -0.05) is 244 Å². The van der Waals surface area contributed by atoms with E-state index in [2.05, 4.69) is 27.8 Å². The summed E-state index contributed by atoms with van der Waals surface area (Å²) in [5.74, 6) is 0.408. The fourth-order valence-electron chi connectivity index (χ4n) is 9.86. The third-order valence-electron chi connectivity index (χ3n) is 18.4. The smallest absolute Gasteiger partial charge is 0.382 e. The average molecular weight is 2220 g/mol. The first kappa shape index (κ1) is 132. The van der Waals surface area contributed by atoms with Gasteiger partial charge in [0.1, 0.15) is 0 Å². The van der Waals surface area contributed by atoms with Gasteiger partial charge in [-0.25, -0.2) is 0 Å². The van der Waals surface area contributed by atoms with Crippen LogP contribution in [0.3, 0.4) is 0 Å². The molecule has 10 rings (SSSR count). The fourth-order valence-corrected chi connectivity index (χ4v) is 18.9. The van der Waals surface area contributed by atoms with Crippen molar-refractivity contribution < 1.29 is 144 Å². The molecule has 1 unspecified atom stereocenters. The van der Waals surface area contributed by atoms with Crippen molar-refractivity contribution in [1.29, 1.82) is 0 Å². The molecule has 31 nitrogen and oxygen atoms in total. The number of rotatable bonds is 40. The van der Waals surface area contributed by atoms with Crippen molar-refractivity contribution in [2.45, 2.75) is 210 Å². The number of ether oxygens (including phenoxy) is 1. The highest BCUT2D eigenvalue weighted by Crippen LogP contribution is 2.24. The Hall–Kier alpha value is -8.66. The Bertz CT molecular complexity index is 6390. The number of aryl methyl sites for hydroxylation is 9. The highest BCUT2D eigenvalue weighted by Gasteiger charge is 2.32. The molecule has 0 N–H and O–H groups in total. The van der Waals surface area contributed by atoms with Gasteiger partial charge < -0.3 is 4.74 Å². The number of halogens is 4. The summed E-state index contributed by atoms with van der Waals surface area (Å²) in [6.45, 7) is 28.2. The normalized spacial score (nSPS) is 11.9. The Labute approximate surface area is 851 Å². The Balaban J connectivity index is 0.000000796. The number of unbranched alkanes of at least 4 members (excludes halogenated alkanes) is 4. The molecule has 10 aromatic carbocycles. The number of hydrogen-bond donors (Lipinski definition) is 0. The van der Waals surface area contributed by atoms with Crippen LogP contribution in [0.1, 0.15) is 143 Å². The van der Waals surface area contributed by atoms with Crippen LogP contribution in [0, 0.1) is 68.2 Å². The molecule has 0 saturated carbocycles. The number of benzene rings is 10. The molecule has 0 aliphatic rings. The summed E-state index contributed by atoms with van der Waals surface area (Å²) in [6, 6.07) is 66.0. The predicted molar refractivity (Wildman–Crippen MR) is 544 cm³/mol. The molecule has 0 aromatic heterocycles. The van der Waals surface area contributed by atoms with Crippen molar-refractivity contribution in [3.05, 3.63) is 299 Å². The zero-order valence-corrected chi connectivity index (χ0v) is 92.1. The summed E-state index contributed by atoms with van der Waals surface area (Å²) < 4.78 is 315. The molecule has 10 aromatic rings. The van der Waals surface area contributed by atoms with Gasteiger partial charge in [-0.05, 0) is 216 Å². The van der Waals surface area contributed by atoms with Crippen LogP contribution in [0.2, 0.25) is 0 Å². The molecule has 0 saturated heterocycles. The maximum Gasteiger partial charge on any atom is 0.413 e. The van der Waals surface area contributed by atoms with Crippen LogP contribution in [0.5, 0.6) is 0 Å². The zero-order chi connectivity index (χ0) is 109. The second kappa shape index (κ2) is 66.5. The van der Waals surface area contributed by atoms with Crippen LogP contribution >= 0.6 is 11.6 Å². The number of hydrogen-bond acceptors (Lipinski definition) is 31. The van der Waals surface area contributed by atoms with Crippen LogP contribution in [-0.2, 0) is 148 Å². The standard InChI is InChI=1S/C13H20O3S.C12H18O3S.C11H16O3S.C10H14O4S.C10H14O3S.C9H11ClO3S.C9H9F3O3S.C9H12O3S.C8H10O3S.C7H8O3S/c1-3-4-5-6-11-16-17(14,15)13-9-7-12(2)8-10-13;1-4-10(2)9-15-16(13,14)12-7-5-11(3)6-8-12;1-3-4-9-14-15(12,13)11-7-5-10(2)6-8-11;1-9-3-5-10(6-4-9)15(11,12)14-8-7-13-2;1-3-8-13-14(11,12)10-6-4-9(2)5-7-10;1-8-2-4-9(5-3-8)14(11,12)13-7-6-10;1-7-2-4-8(5-3-7)16(13,14)15-6-9(10,11)12;1-3-12-13(10,11)9-6-4-8(2)5-7-9;1-7-3-5-8(6-4-7)12(9,10)11-2;1-10-11(8,9)7-5-3-2-4-6-7/h7-10H,3-6,11H2,1-2H3;5-8,10H,4,9H2,1-3H3;5-8H,3-4,9H2,1-2H3;3-6H,7-8H2,1-2H3;4-7H,3,8H2,1-2H3;2-5H,6-7H2,1H3;2-5H,6H2,1H3;4-7H,3H2,1-2H3;3-6H,1-2H3;2-6H,1H3. The topological polar surface area (TPSA) is 443 Å². The van der Waals surface area contributed by atoms with Crippen LogP contribution in [0.4, 0.5) is 13.2 Å². The Morgan fingerprint density at radius 1 is 0.252 bits per heavy atom. The fraction of sp³-hybridized carbons (Fsp3) is 0.388. The first-order valence-corrected chi connectivity index (χ1v) is 58.9. The molecule has 0 aliphatic carbocycles. The van der Waals surface area contributed by atoms with Crippen molar-refractivity contribution >= 4 is 113 Å². The van der Waals surface area contributed by atoms with E-state index < -0.39 is 114 Å². The molecule has 0 amide bonds. The highest BCUT2D eigenvalue weighted by atomic mass is 35.5. The lowest BCUT2D eigenvalue weighted by molar-refractivity contribution is -0.152. The van der Waals surface area contributed by atoms with E-state index in [0.29, 0.717) is 6.42 Å². The third-order valence-corrected chi connectivity index (χ3v) is 31.7. The van der Waals surface area contributed by atoms with Gasteiger partial charge in [-0.15, -0.1) is 11.6 Å². The molecular formula is C98H132ClF3O31S10. The molecule has 798 valence electrons. The minimum absolute atomic E-state index is 0.00222. The molecule has 0 heterocycles. The maximum atomic E-state index is 11.8. The van der Waals surface area contributed by atoms with E-state index >= 15 is 0 Å². The molecule has 0 bridgehead atoms. The van der Waals surface area contributed by atoms with E-state index in [-0.39, 0.29) is 114 Å². The summed E-state index contributed by atoms with van der Waals surface area (Å²) >= 11 is 5.33. The third kappa shape index (κ3) is 55.1. The second-order valence-corrected chi connectivity index (χ2v) is 47.5. The van der Waals surface area contributed by atoms with Gasteiger partial charge in [0.05, 0.1) is 116 Å². The second-order valence-electron chi connectivity index (χ2n) is 30.8. The first-order valence-electron chi connectivity index (χ1n) is 44.3. The summed E-state index contributed by atoms with van der Waals surface area (Å²) in [5, 5.41) is 0. The number of methoxy groups -OCH3 is 1. The highest BCUT2D eigenvalue weighted by molar-refractivity contribution is 7.89. The van der Waals surface area contributed by atoms with Crippen LogP contribution < -0.4 is 0 Å². The van der Waals surface area contributed by atoms with Crippen LogP contribution in [0.25, 0.3) is 0 Å². The SMILES string of the molecule is CCC(C)COS(=O)(=O)c1ccc(C)cc1.CCCCCCOS(=O)(=O)c1ccc(C)cc1.CCCCOS(=O)(=O)c1ccc(C)cc1.CCCOS(=O)(=O)c1ccc(C)cc1.CCOS(=O)(=O)c1ccc(C)cc1.COCCOS(=O)(=O)c1ccc(C)cc1.COS(=O)(=O)c1ccc(C)cc1.COS(=O)(=O)c1ccccc1.Cc1ccc(S(=O)(=O)OCC(F)(F)F)cc1.Cc1ccc(S(=O)(=O)OCCCl)cc1. The number of alkyl halides is 4. The van der Waals surface area contributed by atoms with Gasteiger partial charge in [0.25, 0.3) is 101 Å². The lowest BCUT2D eigenvalue weighted by Crippen LogP contribution is -2.20. The maximum absolute atomic E-state index is 11.8. The van der Waals surface area contributed by atoms with Crippen molar-refractivity contribution in [3.63, 3.8) is 0 Å². The minimum Gasteiger partial charge on any atom is -0.382 e. The van der Waals surface area contributed by atoms with Gasteiger partial charge in [-0.2, -0.15) is 97.3 Å². The quantitative estimate of drug-likeness (QED) is 0.0195. The first-order chi connectivity index (χ1) is 66.7. The monoisotopic (exact) mass is 2220 g/mol. The minimum atomic E-state index is -4.67. The van der Waals surface area contributed by atoms with E-state index in [1.807, 2.05) is 83.1 Å². The van der Waals surface area contributed by atoms with Gasteiger partial charge in [0.2, 0.25) is 0 Å². The van der Waals surface area contributed by atoms with Crippen molar-refractivity contribution in [1.82, 2.24) is 0 Å². The predicted octanol–water partition coefficient (Wildman–Crippen LogP) is 20.3. The van der Waals surface area contributed by atoms with E-state index in [0.717, 1.165) is 109 Å².